The zero-order chi connectivity index (χ0) is 23.3. The smallest absolute Gasteiger partial charge is 0.103 e. The fraction of sp³-hybridized carbons (Fsp3) is 0.714. The molecule has 0 heterocycles. The van der Waals surface area contributed by atoms with Gasteiger partial charge in [-0.2, -0.15) is 0 Å². The molecule has 8 atom stereocenters. The van der Waals surface area contributed by atoms with E-state index in [4.69, 9.17) is 0 Å². The van der Waals surface area contributed by atoms with E-state index in [2.05, 4.69) is 38.7 Å². The first-order chi connectivity index (χ1) is 15.0. The van der Waals surface area contributed by atoms with Gasteiger partial charge in [-0.1, -0.05) is 44.2 Å². The molecule has 32 heavy (non-hydrogen) atoms. The summed E-state index contributed by atoms with van der Waals surface area (Å²) in [6.45, 7) is 10.5. The summed E-state index contributed by atoms with van der Waals surface area (Å²) >= 11 is 0. The lowest BCUT2D eigenvalue weighted by Crippen LogP contribution is -2.36. The molecule has 4 nitrogen and oxygen atoms in total. The van der Waals surface area contributed by atoms with Crippen molar-refractivity contribution in [2.45, 2.75) is 102 Å². The van der Waals surface area contributed by atoms with Crippen LogP contribution in [0.3, 0.4) is 0 Å². The molecular weight excluding hydrogens is 400 g/mol. The van der Waals surface area contributed by atoms with Crippen LogP contribution in [0.2, 0.25) is 0 Å². The van der Waals surface area contributed by atoms with Gasteiger partial charge in [-0.05, 0) is 98.2 Å². The average molecular weight is 443 g/mol. The second kappa shape index (κ2) is 8.87. The highest BCUT2D eigenvalue weighted by Crippen LogP contribution is 2.59. The van der Waals surface area contributed by atoms with Crippen molar-refractivity contribution in [2.24, 2.45) is 23.2 Å². The average Bonchev–Trinajstić information content (AvgIpc) is 3.21. The Bertz CT molecular complexity index is 834. The van der Waals surface area contributed by atoms with Gasteiger partial charge in [0.1, 0.15) is 6.10 Å². The highest BCUT2D eigenvalue weighted by Gasteiger charge is 2.50. The Kier molecular flexibility index (Phi) is 6.63. The molecule has 0 aromatic heterocycles. The van der Waals surface area contributed by atoms with Crippen LogP contribution in [0.5, 0.6) is 0 Å². The molecule has 0 amide bonds. The molecule has 4 aliphatic carbocycles. The summed E-state index contributed by atoms with van der Waals surface area (Å²) < 4.78 is 0. The number of hydrogen-bond acceptors (Lipinski definition) is 4. The highest BCUT2D eigenvalue weighted by atomic mass is 16.3. The van der Waals surface area contributed by atoms with Gasteiger partial charge in [0.05, 0.1) is 17.8 Å². The third-order valence-electron chi connectivity index (χ3n) is 9.27. The van der Waals surface area contributed by atoms with E-state index < -0.39 is 23.9 Å². The number of aliphatic hydroxyl groups excluding tert-OH is 3. The minimum atomic E-state index is -0.994. The van der Waals surface area contributed by atoms with Crippen LogP contribution >= 0.6 is 0 Å². The van der Waals surface area contributed by atoms with E-state index in [9.17, 15) is 20.4 Å². The highest BCUT2D eigenvalue weighted by molar-refractivity contribution is 5.38. The van der Waals surface area contributed by atoms with Crippen molar-refractivity contribution >= 4 is 0 Å². The van der Waals surface area contributed by atoms with Gasteiger partial charge in [0.25, 0.3) is 0 Å². The van der Waals surface area contributed by atoms with Crippen molar-refractivity contribution in [1.29, 1.82) is 0 Å². The zero-order valence-corrected chi connectivity index (χ0v) is 20.1. The molecule has 4 rings (SSSR count). The van der Waals surface area contributed by atoms with Crippen LogP contribution in [-0.4, -0.2) is 44.3 Å². The SMILES string of the molecule is C=C1C(=CC=C2CCC[C@@]3(C)C2CC[C@@H]3[C@H](C)C=C2CC[C@@](C)(O)C2O)C[C@@H](O)C[C@@H]1O. The maximum atomic E-state index is 10.5. The fourth-order valence-electron chi connectivity index (χ4n) is 7.31. The first-order valence-corrected chi connectivity index (χ1v) is 12.6. The van der Waals surface area contributed by atoms with E-state index in [-0.39, 0.29) is 5.41 Å². The number of rotatable bonds is 3. The van der Waals surface area contributed by atoms with Crippen molar-refractivity contribution in [3.8, 4) is 0 Å². The monoisotopic (exact) mass is 442 g/mol. The van der Waals surface area contributed by atoms with Gasteiger partial charge < -0.3 is 20.4 Å². The quantitative estimate of drug-likeness (QED) is 0.482. The van der Waals surface area contributed by atoms with Crippen molar-refractivity contribution in [1.82, 2.24) is 0 Å². The predicted molar refractivity (Wildman–Crippen MR) is 128 cm³/mol. The minimum Gasteiger partial charge on any atom is -0.393 e. The summed E-state index contributed by atoms with van der Waals surface area (Å²) in [7, 11) is 0. The topological polar surface area (TPSA) is 80.9 Å². The standard InChI is InChI=1S/C28H42O4/c1-17(14-21-11-13-28(4,32)26(21)31)23-9-10-24-19(6-5-12-27(23,24)3)7-8-20-15-22(29)16-25(30)18(20)2/h7-8,14,17,22-26,29-32H,2,5-6,9-13,15-16H2,1,3-4H3/t17-,22-,23-,24?,25+,26?,27-,28-/m1/s1. The zero-order valence-electron chi connectivity index (χ0n) is 20.1. The first kappa shape index (κ1) is 23.9. The summed E-state index contributed by atoms with van der Waals surface area (Å²) in [6, 6.07) is 0. The molecule has 178 valence electrons. The molecule has 4 fully saturated rings. The van der Waals surface area contributed by atoms with Crippen LogP contribution < -0.4 is 0 Å². The van der Waals surface area contributed by atoms with Gasteiger partial charge in [-0.3, -0.25) is 0 Å². The van der Waals surface area contributed by atoms with E-state index in [1.54, 1.807) is 6.92 Å². The Balaban J connectivity index is 1.53. The molecule has 0 spiro atoms. The minimum absolute atomic E-state index is 0.244. The molecule has 0 aliphatic heterocycles. The molecule has 0 saturated heterocycles. The van der Waals surface area contributed by atoms with Gasteiger partial charge in [0.15, 0.2) is 0 Å². The maximum Gasteiger partial charge on any atom is 0.103 e. The lowest BCUT2D eigenvalue weighted by Gasteiger charge is -2.44. The Morgan fingerprint density at radius 1 is 1.03 bits per heavy atom. The summed E-state index contributed by atoms with van der Waals surface area (Å²) in [5.41, 5.74) is 3.49. The third-order valence-corrected chi connectivity index (χ3v) is 9.27. The van der Waals surface area contributed by atoms with Gasteiger partial charge in [0.2, 0.25) is 0 Å². The van der Waals surface area contributed by atoms with Crippen LogP contribution in [0.1, 0.15) is 78.6 Å². The van der Waals surface area contributed by atoms with Gasteiger partial charge in [0, 0.05) is 6.42 Å². The Morgan fingerprint density at radius 2 is 1.78 bits per heavy atom. The summed E-state index contributed by atoms with van der Waals surface area (Å²) in [4.78, 5) is 0. The van der Waals surface area contributed by atoms with Crippen molar-refractivity contribution in [2.75, 3.05) is 0 Å². The normalized spacial score (nSPS) is 47.4. The van der Waals surface area contributed by atoms with Gasteiger partial charge >= 0.3 is 0 Å². The van der Waals surface area contributed by atoms with Gasteiger partial charge in [-0.25, -0.2) is 0 Å². The molecule has 4 heteroatoms. The molecular formula is C28H42O4. The number of allylic oxidation sites excluding steroid dienone is 4. The third kappa shape index (κ3) is 4.32. The lowest BCUT2D eigenvalue weighted by molar-refractivity contribution is -0.0265. The van der Waals surface area contributed by atoms with Gasteiger partial charge in [-0.15, -0.1) is 0 Å². The van der Waals surface area contributed by atoms with Crippen molar-refractivity contribution in [3.05, 3.63) is 47.1 Å². The molecule has 4 aliphatic rings. The summed E-state index contributed by atoms with van der Waals surface area (Å²) in [5.74, 6) is 1.51. The maximum absolute atomic E-state index is 10.5. The van der Waals surface area contributed by atoms with E-state index in [1.165, 1.54) is 31.3 Å². The van der Waals surface area contributed by atoms with Crippen molar-refractivity contribution < 1.29 is 20.4 Å². The first-order valence-electron chi connectivity index (χ1n) is 12.6. The van der Waals surface area contributed by atoms with E-state index >= 15 is 0 Å². The van der Waals surface area contributed by atoms with Crippen LogP contribution in [0.25, 0.3) is 0 Å². The summed E-state index contributed by atoms with van der Waals surface area (Å²) in [6.07, 6.45) is 13.0. The molecule has 0 aromatic carbocycles. The molecule has 0 radical (unpaired) electrons. The lowest BCUT2D eigenvalue weighted by atomic mass is 9.61. The van der Waals surface area contributed by atoms with Crippen LogP contribution in [0, 0.1) is 23.2 Å². The Hall–Kier alpha value is -1.20. The van der Waals surface area contributed by atoms with Crippen LogP contribution in [-0.2, 0) is 0 Å². The van der Waals surface area contributed by atoms with E-state index in [0.717, 1.165) is 29.6 Å². The number of fused-ring (bicyclic) bond motifs is 1. The molecule has 2 unspecified atom stereocenters. The second-order valence-electron chi connectivity index (χ2n) is 11.5. The largest absolute Gasteiger partial charge is 0.393 e. The second-order valence-corrected chi connectivity index (χ2v) is 11.5. The fourth-order valence-corrected chi connectivity index (χ4v) is 7.31. The Labute approximate surface area is 193 Å². The Morgan fingerprint density at radius 3 is 2.47 bits per heavy atom. The molecule has 4 saturated carbocycles. The number of hydrogen-bond donors (Lipinski definition) is 4. The predicted octanol–water partition coefficient (Wildman–Crippen LogP) is 4.60. The molecule has 0 aromatic rings. The van der Waals surface area contributed by atoms with E-state index in [0.29, 0.717) is 37.0 Å². The summed E-state index contributed by atoms with van der Waals surface area (Å²) in [5, 5.41) is 41.1. The molecule has 4 N–H and O–H groups in total. The number of aliphatic hydroxyl groups is 4. The van der Waals surface area contributed by atoms with Crippen molar-refractivity contribution in [3.63, 3.8) is 0 Å². The van der Waals surface area contributed by atoms with Crippen LogP contribution in [0.4, 0.5) is 0 Å². The van der Waals surface area contributed by atoms with E-state index in [1.807, 2.05) is 0 Å². The molecule has 0 bridgehead atoms. The van der Waals surface area contributed by atoms with Crippen LogP contribution in [0.15, 0.2) is 47.1 Å².